The maximum atomic E-state index is 12.8. The fraction of sp³-hybridized carbons (Fsp3) is 0.333. The molecule has 1 aliphatic heterocycles. The number of anilines is 1. The first-order valence-corrected chi connectivity index (χ1v) is 12.7. The molecule has 1 aromatic carbocycles. The Balaban J connectivity index is 1.16. The minimum absolute atomic E-state index is 0.134. The number of aromatic nitrogens is 2. The van der Waals surface area contributed by atoms with Crippen LogP contribution in [0.3, 0.4) is 0 Å². The maximum Gasteiger partial charge on any atom is 0.246 e. The maximum absolute atomic E-state index is 12.8. The molecule has 3 aliphatic rings. The Morgan fingerprint density at radius 1 is 1.06 bits per heavy atom. The van der Waals surface area contributed by atoms with Crippen molar-refractivity contribution in [2.24, 2.45) is 23.7 Å². The highest BCUT2D eigenvalue weighted by Gasteiger charge is 2.59. The van der Waals surface area contributed by atoms with Gasteiger partial charge in [-0.05, 0) is 57.2 Å². The van der Waals surface area contributed by atoms with Crippen molar-refractivity contribution in [1.29, 1.82) is 0 Å². The van der Waals surface area contributed by atoms with E-state index < -0.39 is 5.91 Å². The first-order chi connectivity index (χ1) is 16.8. The molecule has 3 aromatic rings. The minimum Gasteiger partial charge on any atom is -0.318 e. The number of aryl methyl sites for hydroxylation is 2. The van der Waals surface area contributed by atoms with Gasteiger partial charge in [-0.2, -0.15) is 0 Å². The molecule has 2 bridgehead atoms. The summed E-state index contributed by atoms with van der Waals surface area (Å²) in [4.78, 5) is 44.2. The predicted octanol–water partition coefficient (Wildman–Crippen LogP) is 4.27. The predicted molar refractivity (Wildman–Crippen MR) is 134 cm³/mol. The molecule has 4 atom stereocenters. The monoisotopic (exact) mass is 486 g/mol. The van der Waals surface area contributed by atoms with E-state index >= 15 is 0 Å². The molecule has 3 amide bonds. The van der Waals surface area contributed by atoms with Crippen LogP contribution < -0.4 is 5.32 Å². The van der Waals surface area contributed by atoms with E-state index in [0.717, 1.165) is 39.7 Å². The van der Waals surface area contributed by atoms with Crippen molar-refractivity contribution in [3.8, 4) is 16.9 Å². The lowest BCUT2D eigenvalue weighted by molar-refractivity contribution is -0.143. The first-order valence-electron chi connectivity index (χ1n) is 11.9. The average molecular weight is 487 g/mol. The molecular formula is C27H26N4O3S. The molecule has 1 saturated heterocycles. The average Bonchev–Trinajstić information content (AvgIpc) is 3.64. The number of nitrogens with zero attached hydrogens (tertiary/aromatic N) is 3. The number of hydrogen-bond donors (Lipinski definition) is 1. The number of nitrogens with one attached hydrogen (secondary N) is 1. The van der Waals surface area contributed by atoms with Gasteiger partial charge in [0.05, 0.1) is 17.5 Å². The van der Waals surface area contributed by atoms with Gasteiger partial charge in [-0.25, -0.2) is 4.98 Å². The van der Waals surface area contributed by atoms with Crippen LogP contribution in [0, 0.1) is 44.4 Å². The third-order valence-corrected chi connectivity index (χ3v) is 8.37. The highest BCUT2D eigenvalue weighted by molar-refractivity contribution is 7.14. The van der Waals surface area contributed by atoms with Crippen molar-refractivity contribution in [1.82, 2.24) is 14.5 Å². The Kier molecular flexibility index (Phi) is 5.03. The van der Waals surface area contributed by atoms with Gasteiger partial charge in [0.25, 0.3) is 0 Å². The molecule has 3 heterocycles. The van der Waals surface area contributed by atoms with Gasteiger partial charge in [0, 0.05) is 28.0 Å². The molecule has 0 unspecified atom stereocenters. The molecule has 8 heteroatoms. The molecule has 7 nitrogen and oxygen atoms in total. The summed E-state index contributed by atoms with van der Waals surface area (Å²) in [6, 6.07) is 10.5. The van der Waals surface area contributed by atoms with Crippen molar-refractivity contribution in [3.05, 3.63) is 64.8 Å². The first kappa shape index (κ1) is 22.0. The van der Waals surface area contributed by atoms with Crippen LogP contribution >= 0.6 is 11.3 Å². The van der Waals surface area contributed by atoms with Crippen LogP contribution in [0.15, 0.2) is 47.9 Å². The quantitative estimate of drug-likeness (QED) is 0.431. The molecule has 6 rings (SSSR count). The Morgan fingerprint density at radius 2 is 1.71 bits per heavy atom. The van der Waals surface area contributed by atoms with Crippen LogP contribution in [0.4, 0.5) is 5.13 Å². The molecule has 35 heavy (non-hydrogen) atoms. The second kappa shape index (κ2) is 8.02. The number of likely N-dealkylation sites (tertiary alicyclic amines) is 1. The van der Waals surface area contributed by atoms with Gasteiger partial charge in [-0.15, -0.1) is 11.3 Å². The van der Waals surface area contributed by atoms with Gasteiger partial charge >= 0.3 is 0 Å². The van der Waals surface area contributed by atoms with E-state index in [-0.39, 0.29) is 42.0 Å². The SMILES string of the molecule is Cc1ccc(-n2c(C)cc(-c3csc(NC(=O)CN4C(=O)[C@H]5[C@H](C4=O)[C@H]4C=C[C@H]5C4)n3)c2C)cc1. The summed E-state index contributed by atoms with van der Waals surface area (Å²) < 4.78 is 2.19. The zero-order valence-electron chi connectivity index (χ0n) is 19.8. The number of thiazole rings is 1. The summed E-state index contributed by atoms with van der Waals surface area (Å²) in [5.41, 5.74) is 6.25. The number of carbonyl (C=O) groups excluding carboxylic acids is 3. The van der Waals surface area contributed by atoms with E-state index in [1.165, 1.54) is 16.9 Å². The molecule has 2 aliphatic carbocycles. The zero-order chi connectivity index (χ0) is 24.4. The minimum atomic E-state index is -0.405. The Labute approximate surface area is 207 Å². The molecule has 0 radical (unpaired) electrons. The van der Waals surface area contributed by atoms with Crippen molar-refractivity contribution in [3.63, 3.8) is 0 Å². The molecule has 2 fully saturated rings. The summed E-state index contributed by atoms with van der Waals surface area (Å²) in [7, 11) is 0. The highest BCUT2D eigenvalue weighted by atomic mass is 32.1. The van der Waals surface area contributed by atoms with E-state index in [4.69, 9.17) is 0 Å². The molecule has 1 N–H and O–H groups in total. The fourth-order valence-corrected chi connectivity index (χ4v) is 6.72. The second-order valence-electron chi connectivity index (χ2n) is 9.80. The molecular weight excluding hydrogens is 460 g/mol. The van der Waals surface area contributed by atoms with Gasteiger partial charge in [0.2, 0.25) is 17.7 Å². The van der Waals surface area contributed by atoms with Crippen LogP contribution in [0.5, 0.6) is 0 Å². The van der Waals surface area contributed by atoms with E-state index in [0.29, 0.717) is 5.13 Å². The molecule has 1 saturated carbocycles. The molecule has 2 aromatic heterocycles. The lowest BCUT2D eigenvalue weighted by Crippen LogP contribution is -2.39. The van der Waals surface area contributed by atoms with Gasteiger partial charge < -0.3 is 9.88 Å². The Hall–Kier alpha value is -3.52. The largest absolute Gasteiger partial charge is 0.318 e. The summed E-state index contributed by atoms with van der Waals surface area (Å²) >= 11 is 1.33. The van der Waals surface area contributed by atoms with Crippen molar-refractivity contribution >= 4 is 34.2 Å². The Bertz CT molecular complexity index is 1370. The lowest BCUT2D eigenvalue weighted by atomic mass is 9.85. The third kappa shape index (κ3) is 3.46. The summed E-state index contributed by atoms with van der Waals surface area (Å²) in [5.74, 6) is -1.14. The summed E-state index contributed by atoms with van der Waals surface area (Å²) in [6.45, 7) is 5.93. The molecule has 178 valence electrons. The van der Waals surface area contributed by atoms with E-state index in [2.05, 4.69) is 66.0 Å². The van der Waals surface area contributed by atoms with Crippen molar-refractivity contribution < 1.29 is 14.4 Å². The summed E-state index contributed by atoms with van der Waals surface area (Å²) in [5, 5.41) is 5.15. The standard InChI is InChI=1S/C27H26N4O3S/c1-14-4-8-19(9-5-14)31-15(2)10-20(16(31)3)21-13-35-27(28-21)29-22(32)12-30-25(33)23-17-6-7-18(11-17)24(23)26(30)34/h4-10,13,17-18,23-24H,11-12H2,1-3H3,(H,28,29,32)/t17-,18-,23+,24+/m0/s1. The number of hydrogen-bond acceptors (Lipinski definition) is 5. The van der Waals surface area contributed by atoms with Crippen LogP contribution in [-0.2, 0) is 14.4 Å². The van der Waals surface area contributed by atoms with Crippen LogP contribution in [0.2, 0.25) is 0 Å². The normalized spacial score (nSPS) is 24.5. The highest BCUT2D eigenvalue weighted by Crippen LogP contribution is 2.52. The Morgan fingerprint density at radius 3 is 2.37 bits per heavy atom. The molecule has 0 spiro atoms. The van der Waals surface area contributed by atoms with E-state index in [1.54, 1.807) is 0 Å². The zero-order valence-corrected chi connectivity index (χ0v) is 20.6. The van der Waals surface area contributed by atoms with Gasteiger partial charge in [-0.3, -0.25) is 19.3 Å². The number of rotatable bonds is 5. The van der Waals surface area contributed by atoms with Crippen LogP contribution in [0.25, 0.3) is 16.9 Å². The number of imide groups is 1. The van der Waals surface area contributed by atoms with E-state index in [9.17, 15) is 14.4 Å². The fourth-order valence-electron chi connectivity index (χ4n) is 5.99. The number of benzene rings is 1. The number of allylic oxidation sites excluding steroid dienone is 2. The number of fused-ring (bicyclic) bond motifs is 5. The number of amides is 3. The van der Waals surface area contributed by atoms with Crippen LogP contribution in [0.1, 0.15) is 23.4 Å². The van der Waals surface area contributed by atoms with Gasteiger partial charge in [0.1, 0.15) is 6.54 Å². The van der Waals surface area contributed by atoms with Crippen LogP contribution in [-0.4, -0.2) is 38.7 Å². The smallest absolute Gasteiger partial charge is 0.246 e. The van der Waals surface area contributed by atoms with Crippen molar-refractivity contribution in [2.75, 3.05) is 11.9 Å². The second-order valence-corrected chi connectivity index (χ2v) is 10.7. The lowest BCUT2D eigenvalue weighted by Gasteiger charge is -2.16. The van der Waals surface area contributed by atoms with E-state index in [1.807, 2.05) is 17.5 Å². The van der Waals surface area contributed by atoms with Crippen molar-refractivity contribution in [2.45, 2.75) is 27.2 Å². The van der Waals surface area contributed by atoms with Gasteiger partial charge in [-0.1, -0.05) is 29.8 Å². The summed E-state index contributed by atoms with van der Waals surface area (Å²) in [6.07, 6.45) is 4.97. The van der Waals surface area contributed by atoms with Gasteiger partial charge in [0.15, 0.2) is 5.13 Å². The number of carbonyl (C=O) groups is 3. The third-order valence-electron chi connectivity index (χ3n) is 7.61. The topological polar surface area (TPSA) is 84.3 Å².